The quantitative estimate of drug-likeness (QED) is 0.477. The summed E-state index contributed by atoms with van der Waals surface area (Å²) in [7, 11) is 3.56. The number of benzene rings is 1. The smallest absolute Gasteiger partial charge is 0.283 e. The van der Waals surface area contributed by atoms with Crippen molar-refractivity contribution in [1.82, 2.24) is 25.0 Å². The van der Waals surface area contributed by atoms with Crippen LogP contribution in [-0.4, -0.2) is 32.1 Å². The summed E-state index contributed by atoms with van der Waals surface area (Å²) >= 11 is 1.47. The van der Waals surface area contributed by atoms with Crippen LogP contribution >= 0.6 is 11.8 Å². The van der Waals surface area contributed by atoms with E-state index < -0.39 is 0 Å². The molecule has 3 aromatic heterocycles. The minimum atomic E-state index is 0.363. The second kappa shape index (κ2) is 7.04. The summed E-state index contributed by atoms with van der Waals surface area (Å²) in [6.45, 7) is 0. The lowest BCUT2D eigenvalue weighted by molar-refractivity contribution is 0.415. The van der Waals surface area contributed by atoms with E-state index in [9.17, 15) is 0 Å². The van der Waals surface area contributed by atoms with Gasteiger partial charge in [-0.3, -0.25) is 0 Å². The lowest BCUT2D eigenvalue weighted by Crippen LogP contribution is -1.95. The number of thioether (sulfide) groups is 1. The van der Waals surface area contributed by atoms with E-state index in [2.05, 4.69) is 20.4 Å². The molecule has 9 heteroatoms. The van der Waals surface area contributed by atoms with Crippen molar-refractivity contribution in [2.24, 2.45) is 7.05 Å². The minimum absolute atomic E-state index is 0.363. The van der Waals surface area contributed by atoms with E-state index in [1.165, 1.54) is 11.8 Å². The first-order chi connectivity index (χ1) is 12.7. The Morgan fingerprint density at radius 3 is 2.65 bits per heavy atom. The molecule has 3 heterocycles. The average molecular weight is 369 g/mol. The van der Waals surface area contributed by atoms with Crippen molar-refractivity contribution in [2.45, 2.75) is 10.9 Å². The number of aromatic nitrogens is 5. The first-order valence-electron chi connectivity index (χ1n) is 7.77. The highest BCUT2D eigenvalue weighted by atomic mass is 32.2. The Labute approximate surface area is 153 Å². The highest BCUT2D eigenvalue weighted by Gasteiger charge is 2.15. The highest BCUT2D eigenvalue weighted by Crippen LogP contribution is 2.27. The molecule has 0 amide bonds. The van der Waals surface area contributed by atoms with Gasteiger partial charge in [-0.25, -0.2) is 0 Å². The number of rotatable bonds is 6. The zero-order chi connectivity index (χ0) is 17.9. The Balaban J connectivity index is 1.46. The first-order valence-corrected chi connectivity index (χ1v) is 8.76. The van der Waals surface area contributed by atoms with Crippen LogP contribution in [-0.2, 0) is 12.8 Å². The highest BCUT2D eigenvalue weighted by molar-refractivity contribution is 7.98. The zero-order valence-electron chi connectivity index (χ0n) is 14.1. The van der Waals surface area contributed by atoms with Gasteiger partial charge in [0.05, 0.1) is 19.1 Å². The minimum Gasteiger partial charge on any atom is -0.497 e. The maximum Gasteiger partial charge on any atom is 0.283 e. The summed E-state index contributed by atoms with van der Waals surface area (Å²) in [5, 5.41) is 17.3. The molecule has 0 N–H and O–H groups in total. The van der Waals surface area contributed by atoms with E-state index in [4.69, 9.17) is 13.6 Å². The van der Waals surface area contributed by atoms with E-state index in [0.29, 0.717) is 23.3 Å². The molecule has 0 aliphatic heterocycles. The standard InChI is InChI=1S/C17H15N5O3S/c1-22-15(11-5-7-12(23-2)8-6-11)19-21-17(22)26-10-14-18-20-16(25-14)13-4-3-9-24-13/h3-9H,10H2,1-2H3. The molecular formula is C17H15N5O3S. The molecule has 0 saturated heterocycles. The molecule has 0 aliphatic carbocycles. The SMILES string of the molecule is COc1ccc(-c2nnc(SCc3nnc(-c4ccco4)o3)n2C)cc1. The second-order valence-electron chi connectivity index (χ2n) is 5.36. The second-order valence-corrected chi connectivity index (χ2v) is 6.30. The van der Waals surface area contributed by atoms with Crippen LogP contribution in [0.5, 0.6) is 5.75 Å². The number of furan rings is 1. The Bertz CT molecular complexity index is 992. The van der Waals surface area contributed by atoms with Crippen LogP contribution in [0.15, 0.2) is 56.7 Å². The van der Waals surface area contributed by atoms with Crippen molar-refractivity contribution in [3.8, 4) is 28.8 Å². The van der Waals surface area contributed by atoms with Gasteiger partial charge in [0.1, 0.15) is 5.75 Å². The molecule has 4 rings (SSSR count). The maximum absolute atomic E-state index is 5.60. The predicted octanol–water partition coefficient (Wildman–Crippen LogP) is 3.43. The lowest BCUT2D eigenvalue weighted by atomic mass is 10.2. The van der Waals surface area contributed by atoms with Gasteiger partial charge in [-0.2, -0.15) is 0 Å². The topological polar surface area (TPSA) is 92.0 Å². The van der Waals surface area contributed by atoms with Gasteiger partial charge in [-0.15, -0.1) is 20.4 Å². The van der Waals surface area contributed by atoms with Crippen LogP contribution in [0.2, 0.25) is 0 Å². The molecule has 26 heavy (non-hydrogen) atoms. The third-order valence-corrected chi connectivity index (χ3v) is 4.71. The average Bonchev–Trinajstić information content (AvgIpc) is 3.41. The van der Waals surface area contributed by atoms with Gasteiger partial charge in [0.25, 0.3) is 5.89 Å². The van der Waals surface area contributed by atoms with Crippen LogP contribution in [0.3, 0.4) is 0 Å². The van der Waals surface area contributed by atoms with Gasteiger partial charge in [0, 0.05) is 12.6 Å². The molecule has 0 spiro atoms. The van der Waals surface area contributed by atoms with Gasteiger partial charge >= 0.3 is 0 Å². The molecule has 0 fully saturated rings. The van der Waals surface area contributed by atoms with Crippen molar-refractivity contribution >= 4 is 11.8 Å². The Morgan fingerprint density at radius 2 is 1.92 bits per heavy atom. The molecule has 132 valence electrons. The Hall–Kier alpha value is -3.07. The van der Waals surface area contributed by atoms with Gasteiger partial charge in [0.15, 0.2) is 16.7 Å². The van der Waals surface area contributed by atoms with Gasteiger partial charge in [-0.05, 0) is 36.4 Å². The molecule has 0 unspecified atom stereocenters. The largest absolute Gasteiger partial charge is 0.497 e. The fourth-order valence-electron chi connectivity index (χ4n) is 2.37. The van der Waals surface area contributed by atoms with Gasteiger partial charge in [-0.1, -0.05) is 11.8 Å². The first kappa shape index (κ1) is 16.4. The van der Waals surface area contributed by atoms with E-state index in [-0.39, 0.29) is 0 Å². The molecule has 0 atom stereocenters. The summed E-state index contributed by atoms with van der Waals surface area (Å²) in [6, 6.07) is 11.2. The summed E-state index contributed by atoms with van der Waals surface area (Å²) in [5.74, 6) is 3.47. The van der Waals surface area contributed by atoms with Crippen LogP contribution in [0, 0.1) is 0 Å². The van der Waals surface area contributed by atoms with Crippen molar-refractivity contribution in [2.75, 3.05) is 7.11 Å². The number of methoxy groups -OCH3 is 1. The third-order valence-electron chi connectivity index (χ3n) is 3.71. The third kappa shape index (κ3) is 3.21. The number of hydrogen-bond acceptors (Lipinski definition) is 8. The molecule has 0 bridgehead atoms. The monoisotopic (exact) mass is 369 g/mol. The number of ether oxygens (including phenoxy) is 1. The van der Waals surface area contributed by atoms with E-state index in [1.807, 2.05) is 35.9 Å². The lowest BCUT2D eigenvalue weighted by Gasteiger charge is -2.04. The van der Waals surface area contributed by atoms with Gasteiger partial charge < -0.3 is 18.1 Å². The summed E-state index contributed by atoms with van der Waals surface area (Å²) in [5.41, 5.74) is 0.963. The summed E-state index contributed by atoms with van der Waals surface area (Å²) in [4.78, 5) is 0. The van der Waals surface area contributed by atoms with E-state index >= 15 is 0 Å². The van der Waals surface area contributed by atoms with Crippen molar-refractivity contribution in [3.05, 3.63) is 48.6 Å². The van der Waals surface area contributed by atoms with Crippen LogP contribution < -0.4 is 4.74 Å². The Kier molecular flexibility index (Phi) is 4.44. The number of nitrogens with zero attached hydrogens (tertiary/aromatic N) is 5. The van der Waals surface area contributed by atoms with E-state index in [0.717, 1.165) is 22.3 Å². The fourth-order valence-corrected chi connectivity index (χ4v) is 3.12. The maximum atomic E-state index is 5.60. The molecule has 0 saturated carbocycles. The van der Waals surface area contributed by atoms with Gasteiger partial charge in [0.2, 0.25) is 5.89 Å². The van der Waals surface area contributed by atoms with Crippen LogP contribution in [0.4, 0.5) is 0 Å². The van der Waals surface area contributed by atoms with Crippen molar-refractivity contribution in [3.63, 3.8) is 0 Å². The van der Waals surface area contributed by atoms with E-state index in [1.54, 1.807) is 25.5 Å². The summed E-state index contributed by atoms with van der Waals surface area (Å²) in [6.07, 6.45) is 1.56. The van der Waals surface area contributed by atoms with Crippen molar-refractivity contribution in [1.29, 1.82) is 0 Å². The van der Waals surface area contributed by atoms with Crippen LogP contribution in [0.25, 0.3) is 23.0 Å². The molecule has 1 aromatic carbocycles. The Morgan fingerprint density at radius 1 is 1.08 bits per heavy atom. The zero-order valence-corrected chi connectivity index (χ0v) is 14.9. The molecule has 4 aromatic rings. The van der Waals surface area contributed by atoms with Crippen molar-refractivity contribution < 1.29 is 13.6 Å². The normalized spacial score (nSPS) is 11.0. The molecule has 0 radical (unpaired) electrons. The molecular weight excluding hydrogens is 354 g/mol. The number of hydrogen-bond donors (Lipinski definition) is 0. The molecule has 0 aliphatic rings. The fraction of sp³-hybridized carbons (Fsp3) is 0.176. The predicted molar refractivity (Wildman–Crippen MR) is 94.6 cm³/mol. The summed E-state index contributed by atoms with van der Waals surface area (Å²) < 4.78 is 18.0. The molecule has 8 nitrogen and oxygen atoms in total. The van der Waals surface area contributed by atoms with Crippen LogP contribution in [0.1, 0.15) is 5.89 Å².